The topological polar surface area (TPSA) is 55.4 Å². The summed E-state index contributed by atoms with van der Waals surface area (Å²) in [5.41, 5.74) is 2.94. The second-order valence-electron chi connectivity index (χ2n) is 6.28. The first-order valence-electron chi connectivity index (χ1n) is 8.35. The molecule has 0 aromatic heterocycles. The van der Waals surface area contributed by atoms with Crippen LogP contribution in [-0.4, -0.2) is 15.5 Å². The quantitative estimate of drug-likeness (QED) is 0.678. The lowest BCUT2D eigenvalue weighted by Gasteiger charge is -2.15. The van der Waals surface area contributed by atoms with Crippen molar-refractivity contribution in [1.29, 1.82) is 0 Å². The summed E-state index contributed by atoms with van der Waals surface area (Å²) in [6, 6.07) is 17.6. The second kappa shape index (κ2) is 7.40. The van der Waals surface area contributed by atoms with Crippen molar-refractivity contribution in [3.05, 3.63) is 77.6 Å². The maximum Gasteiger partial charge on any atom is 0.264 e. The predicted molar refractivity (Wildman–Crippen MR) is 105 cm³/mol. The van der Waals surface area contributed by atoms with E-state index < -0.39 is 15.8 Å². The van der Waals surface area contributed by atoms with Crippen LogP contribution >= 0.6 is 0 Å². The van der Waals surface area contributed by atoms with Gasteiger partial charge in [-0.05, 0) is 54.3 Å². The molecule has 0 radical (unpaired) electrons. The number of anilines is 1. The Balaban J connectivity index is 2.06. The van der Waals surface area contributed by atoms with Gasteiger partial charge in [-0.2, -0.15) is 0 Å². The molecule has 0 saturated carbocycles. The molecule has 0 aliphatic rings. The molecule has 27 heavy (non-hydrogen) atoms. The summed E-state index contributed by atoms with van der Waals surface area (Å²) >= 11 is 0. The minimum atomic E-state index is -4.13. The van der Waals surface area contributed by atoms with Crippen LogP contribution in [-0.2, 0) is 10.0 Å². The molecular weight excluding hydrogens is 365 g/mol. The van der Waals surface area contributed by atoms with E-state index in [1.807, 2.05) is 36.4 Å². The fraction of sp³-hybridized carbons (Fsp3) is 0.143. The highest BCUT2D eigenvalue weighted by Crippen LogP contribution is 2.33. The Bertz CT molecular complexity index is 1080. The Morgan fingerprint density at radius 3 is 2.30 bits per heavy atom. The number of hydrogen-bond donors (Lipinski definition) is 1. The van der Waals surface area contributed by atoms with E-state index >= 15 is 0 Å². The van der Waals surface area contributed by atoms with Crippen LogP contribution < -0.4 is 9.46 Å². The summed E-state index contributed by atoms with van der Waals surface area (Å²) in [6.07, 6.45) is 0. The molecule has 0 atom stereocenters. The average molecular weight is 385 g/mol. The first-order valence-corrected chi connectivity index (χ1v) is 9.83. The average Bonchev–Trinajstić information content (AvgIpc) is 2.65. The van der Waals surface area contributed by atoms with Crippen LogP contribution in [0.4, 0.5) is 10.1 Å². The van der Waals surface area contributed by atoms with Crippen LogP contribution in [0.1, 0.15) is 11.1 Å². The van der Waals surface area contributed by atoms with Gasteiger partial charge in [-0.1, -0.05) is 42.5 Å². The molecule has 3 rings (SSSR count). The van der Waals surface area contributed by atoms with E-state index in [4.69, 9.17) is 4.74 Å². The van der Waals surface area contributed by atoms with Gasteiger partial charge in [0.15, 0.2) is 0 Å². The highest BCUT2D eigenvalue weighted by Gasteiger charge is 2.22. The first-order chi connectivity index (χ1) is 12.8. The number of hydrogen-bond acceptors (Lipinski definition) is 3. The number of halogens is 1. The molecular formula is C21H20FNO3S. The Labute approximate surface area is 158 Å². The molecule has 3 aromatic rings. The summed E-state index contributed by atoms with van der Waals surface area (Å²) in [6.45, 7) is 3.26. The lowest BCUT2D eigenvalue weighted by Crippen LogP contribution is -2.16. The zero-order chi connectivity index (χ0) is 19.6. The number of aryl methyl sites for hydroxylation is 2. The normalized spacial score (nSPS) is 11.3. The number of ether oxygens (including phenoxy) is 1. The van der Waals surface area contributed by atoms with Gasteiger partial charge in [0.25, 0.3) is 10.0 Å². The molecule has 6 heteroatoms. The molecule has 140 valence electrons. The van der Waals surface area contributed by atoms with Gasteiger partial charge in [-0.15, -0.1) is 0 Å². The second-order valence-corrected chi connectivity index (χ2v) is 7.93. The van der Waals surface area contributed by atoms with E-state index in [2.05, 4.69) is 4.72 Å². The van der Waals surface area contributed by atoms with Gasteiger partial charge < -0.3 is 4.74 Å². The van der Waals surface area contributed by atoms with E-state index in [-0.39, 0.29) is 16.1 Å². The van der Waals surface area contributed by atoms with E-state index in [0.29, 0.717) is 11.3 Å². The Morgan fingerprint density at radius 1 is 0.926 bits per heavy atom. The fourth-order valence-electron chi connectivity index (χ4n) is 2.90. The van der Waals surface area contributed by atoms with Crippen molar-refractivity contribution in [2.45, 2.75) is 18.7 Å². The molecule has 4 nitrogen and oxygen atoms in total. The van der Waals surface area contributed by atoms with Crippen molar-refractivity contribution in [3.8, 4) is 16.9 Å². The van der Waals surface area contributed by atoms with Crippen LogP contribution in [0.5, 0.6) is 5.75 Å². The minimum Gasteiger partial charge on any atom is -0.495 e. The van der Waals surface area contributed by atoms with Crippen LogP contribution in [0.2, 0.25) is 0 Å². The lowest BCUT2D eigenvalue weighted by molar-refractivity contribution is 0.417. The molecule has 0 heterocycles. The molecule has 0 unspecified atom stereocenters. The standard InChI is InChI=1S/C21H20FNO3S/c1-14-11-15(2)21(22)20(12-14)27(24,25)23-18-13-17(9-10-19(18)26-3)16-7-5-4-6-8-16/h4-13,23H,1-3H3. The highest BCUT2D eigenvalue weighted by atomic mass is 32.2. The van der Waals surface area contributed by atoms with Crippen LogP contribution in [0, 0.1) is 19.7 Å². The van der Waals surface area contributed by atoms with Crippen molar-refractivity contribution in [2.75, 3.05) is 11.8 Å². The van der Waals surface area contributed by atoms with Gasteiger partial charge in [0.2, 0.25) is 0 Å². The van der Waals surface area contributed by atoms with E-state index in [1.165, 1.54) is 20.1 Å². The van der Waals surface area contributed by atoms with Gasteiger partial charge in [-0.25, -0.2) is 12.8 Å². The van der Waals surface area contributed by atoms with Crippen LogP contribution in [0.3, 0.4) is 0 Å². The zero-order valence-corrected chi connectivity index (χ0v) is 16.1. The summed E-state index contributed by atoms with van der Waals surface area (Å²) < 4.78 is 47.9. The van der Waals surface area contributed by atoms with Crippen molar-refractivity contribution in [2.24, 2.45) is 0 Å². The SMILES string of the molecule is COc1ccc(-c2ccccc2)cc1NS(=O)(=O)c1cc(C)cc(C)c1F. The van der Waals surface area contributed by atoms with Gasteiger partial charge in [-0.3, -0.25) is 4.72 Å². The third kappa shape index (κ3) is 3.95. The summed E-state index contributed by atoms with van der Waals surface area (Å²) in [5, 5.41) is 0. The Morgan fingerprint density at radius 2 is 1.63 bits per heavy atom. The molecule has 3 aromatic carbocycles. The molecule has 0 aliphatic carbocycles. The monoisotopic (exact) mass is 385 g/mol. The molecule has 1 N–H and O–H groups in total. The third-order valence-electron chi connectivity index (χ3n) is 4.21. The molecule has 0 spiro atoms. The first kappa shape index (κ1) is 18.9. The number of methoxy groups -OCH3 is 1. The Hall–Kier alpha value is -2.86. The van der Waals surface area contributed by atoms with Crippen molar-refractivity contribution in [3.63, 3.8) is 0 Å². The molecule has 0 saturated heterocycles. The van der Waals surface area contributed by atoms with Gasteiger partial charge >= 0.3 is 0 Å². The molecule has 0 aliphatic heterocycles. The largest absolute Gasteiger partial charge is 0.495 e. The number of benzene rings is 3. The van der Waals surface area contributed by atoms with E-state index in [0.717, 1.165) is 11.1 Å². The zero-order valence-electron chi connectivity index (χ0n) is 15.3. The third-order valence-corrected chi connectivity index (χ3v) is 5.57. The summed E-state index contributed by atoms with van der Waals surface area (Å²) in [4.78, 5) is -0.382. The molecule has 0 amide bonds. The number of sulfonamides is 1. The maximum absolute atomic E-state index is 14.5. The highest BCUT2D eigenvalue weighted by molar-refractivity contribution is 7.92. The van der Waals surface area contributed by atoms with Crippen LogP contribution in [0.25, 0.3) is 11.1 Å². The van der Waals surface area contributed by atoms with Gasteiger partial charge in [0.1, 0.15) is 16.5 Å². The maximum atomic E-state index is 14.5. The number of rotatable bonds is 5. The summed E-state index contributed by atoms with van der Waals surface area (Å²) in [7, 11) is -2.67. The van der Waals surface area contributed by atoms with Gasteiger partial charge in [0, 0.05) is 0 Å². The predicted octanol–water partition coefficient (Wildman–Crippen LogP) is 4.92. The fourth-order valence-corrected chi connectivity index (χ4v) is 4.20. The van der Waals surface area contributed by atoms with Crippen molar-refractivity contribution >= 4 is 15.7 Å². The molecule has 0 bridgehead atoms. The summed E-state index contributed by atoms with van der Waals surface area (Å²) in [5.74, 6) is -0.408. The molecule has 0 fully saturated rings. The van der Waals surface area contributed by atoms with Crippen LogP contribution in [0.15, 0.2) is 65.6 Å². The lowest BCUT2D eigenvalue weighted by atomic mass is 10.1. The number of nitrogens with one attached hydrogen (secondary N) is 1. The van der Waals surface area contributed by atoms with Gasteiger partial charge in [0.05, 0.1) is 12.8 Å². The Kier molecular flexibility index (Phi) is 5.19. The minimum absolute atomic E-state index is 0.248. The van der Waals surface area contributed by atoms with Crippen molar-refractivity contribution < 1.29 is 17.5 Å². The van der Waals surface area contributed by atoms with Crippen molar-refractivity contribution in [1.82, 2.24) is 0 Å². The smallest absolute Gasteiger partial charge is 0.264 e. The van der Waals surface area contributed by atoms with E-state index in [9.17, 15) is 12.8 Å². The van der Waals surface area contributed by atoms with E-state index in [1.54, 1.807) is 25.1 Å².